The van der Waals surface area contributed by atoms with Crippen LogP contribution in [0.15, 0.2) is 54.6 Å². The normalized spacial score (nSPS) is 11.1. The zero-order chi connectivity index (χ0) is 16.7. The van der Waals surface area contributed by atoms with Crippen molar-refractivity contribution in [3.8, 4) is 16.9 Å². The number of fused-ring (bicyclic) bond motifs is 1. The first-order valence-electron chi connectivity index (χ1n) is 7.69. The van der Waals surface area contributed by atoms with E-state index in [1.807, 2.05) is 29.8 Å². The SMILES string of the molecule is Cc1ccc(-n2nc3c(Cl)nnc(C)c3c2-c2ccccc2)cc1. The second kappa shape index (κ2) is 5.73. The molecule has 0 bridgehead atoms. The van der Waals surface area contributed by atoms with Crippen LogP contribution < -0.4 is 0 Å². The summed E-state index contributed by atoms with van der Waals surface area (Å²) < 4.78 is 1.92. The van der Waals surface area contributed by atoms with Gasteiger partial charge in [0.2, 0.25) is 0 Å². The van der Waals surface area contributed by atoms with E-state index < -0.39 is 0 Å². The Labute approximate surface area is 144 Å². The molecule has 0 aliphatic carbocycles. The molecule has 0 amide bonds. The highest BCUT2D eigenvalue weighted by molar-refractivity contribution is 6.34. The lowest BCUT2D eigenvalue weighted by Crippen LogP contribution is -1.99. The van der Waals surface area contributed by atoms with E-state index in [9.17, 15) is 0 Å². The topological polar surface area (TPSA) is 43.6 Å². The average Bonchev–Trinajstić information content (AvgIpc) is 3.01. The predicted octanol–water partition coefficient (Wildman–Crippen LogP) is 4.75. The second-order valence-electron chi connectivity index (χ2n) is 5.76. The molecule has 4 aromatic rings. The molecule has 0 spiro atoms. The van der Waals surface area contributed by atoms with Gasteiger partial charge in [-0.2, -0.15) is 10.2 Å². The summed E-state index contributed by atoms with van der Waals surface area (Å²) in [4.78, 5) is 0. The maximum Gasteiger partial charge on any atom is 0.179 e. The molecule has 0 unspecified atom stereocenters. The Morgan fingerprint density at radius 2 is 1.58 bits per heavy atom. The van der Waals surface area contributed by atoms with Crippen LogP contribution in [-0.4, -0.2) is 20.0 Å². The fourth-order valence-electron chi connectivity index (χ4n) is 2.86. The highest BCUT2D eigenvalue weighted by Crippen LogP contribution is 2.34. The lowest BCUT2D eigenvalue weighted by molar-refractivity contribution is 0.901. The summed E-state index contributed by atoms with van der Waals surface area (Å²) in [6.07, 6.45) is 0. The van der Waals surface area contributed by atoms with E-state index in [4.69, 9.17) is 16.7 Å². The molecule has 0 atom stereocenters. The molecule has 0 aliphatic heterocycles. The van der Waals surface area contributed by atoms with E-state index in [1.165, 1.54) is 5.56 Å². The number of benzene rings is 2. The van der Waals surface area contributed by atoms with Crippen molar-refractivity contribution in [2.45, 2.75) is 13.8 Å². The van der Waals surface area contributed by atoms with Crippen LogP contribution in [-0.2, 0) is 0 Å². The molecule has 0 radical (unpaired) electrons. The summed E-state index contributed by atoms with van der Waals surface area (Å²) in [6.45, 7) is 4.00. The zero-order valence-corrected chi connectivity index (χ0v) is 14.1. The van der Waals surface area contributed by atoms with Crippen molar-refractivity contribution in [1.82, 2.24) is 20.0 Å². The van der Waals surface area contributed by atoms with Gasteiger partial charge in [0.1, 0.15) is 5.52 Å². The molecular weight excluding hydrogens is 320 g/mol. The van der Waals surface area contributed by atoms with Gasteiger partial charge in [0.05, 0.1) is 22.5 Å². The molecule has 5 heteroatoms. The summed E-state index contributed by atoms with van der Waals surface area (Å²) in [6, 6.07) is 18.4. The van der Waals surface area contributed by atoms with Crippen LogP contribution >= 0.6 is 11.6 Å². The minimum atomic E-state index is 0.318. The van der Waals surface area contributed by atoms with Crippen LogP contribution in [0.25, 0.3) is 27.8 Å². The summed E-state index contributed by atoms with van der Waals surface area (Å²) >= 11 is 6.27. The third kappa shape index (κ3) is 2.36. The second-order valence-corrected chi connectivity index (χ2v) is 6.12. The number of hydrogen-bond acceptors (Lipinski definition) is 3. The lowest BCUT2D eigenvalue weighted by Gasteiger charge is -2.09. The summed E-state index contributed by atoms with van der Waals surface area (Å²) in [5.74, 6) is 0. The quantitative estimate of drug-likeness (QED) is 0.531. The van der Waals surface area contributed by atoms with Gasteiger partial charge >= 0.3 is 0 Å². The summed E-state index contributed by atoms with van der Waals surface area (Å²) in [5.41, 5.74) is 5.70. The molecule has 2 aromatic heterocycles. The first-order chi connectivity index (χ1) is 11.6. The average molecular weight is 335 g/mol. The van der Waals surface area contributed by atoms with Crippen molar-refractivity contribution in [1.29, 1.82) is 0 Å². The molecule has 0 fully saturated rings. The number of aryl methyl sites for hydroxylation is 2. The monoisotopic (exact) mass is 334 g/mol. The summed E-state index contributed by atoms with van der Waals surface area (Å²) in [5, 5.41) is 14.2. The van der Waals surface area contributed by atoms with Gasteiger partial charge in [-0.3, -0.25) is 0 Å². The number of rotatable bonds is 2. The number of nitrogens with zero attached hydrogens (tertiary/aromatic N) is 4. The Morgan fingerprint density at radius 1 is 0.875 bits per heavy atom. The van der Waals surface area contributed by atoms with Gasteiger partial charge in [0.15, 0.2) is 5.15 Å². The lowest BCUT2D eigenvalue weighted by atomic mass is 10.1. The maximum atomic E-state index is 6.27. The van der Waals surface area contributed by atoms with Crippen molar-refractivity contribution in [2.24, 2.45) is 0 Å². The van der Waals surface area contributed by atoms with E-state index in [0.717, 1.165) is 28.0 Å². The molecule has 4 nitrogen and oxygen atoms in total. The fraction of sp³-hybridized carbons (Fsp3) is 0.105. The standard InChI is InChI=1S/C19H15ClN4/c1-12-8-10-15(11-9-12)24-18(14-6-4-3-5-7-14)16-13(2)21-22-19(20)17(16)23-24/h3-11H,1-2H3. The first kappa shape index (κ1) is 14.8. The van der Waals surface area contributed by atoms with Gasteiger partial charge in [-0.15, -0.1) is 5.10 Å². The molecule has 24 heavy (non-hydrogen) atoms. The van der Waals surface area contributed by atoms with Crippen molar-refractivity contribution in [3.05, 3.63) is 71.0 Å². The van der Waals surface area contributed by atoms with E-state index in [1.54, 1.807) is 0 Å². The van der Waals surface area contributed by atoms with Crippen LogP contribution in [0.1, 0.15) is 11.3 Å². The first-order valence-corrected chi connectivity index (χ1v) is 8.07. The van der Waals surface area contributed by atoms with Gasteiger partial charge in [-0.25, -0.2) is 4.68 Å². The van der Waals surface area contributed by atoms with E-state index in [2.05, 4.69) is 53.5 Å². The Morgan fingerprint density at radius 3 is 2.29 bits per heavy atom. The Bertz CT molecular complexity index is 1020. The van der Waals surface area contributed by atoms with Gasteiger partial charge in [-0.05, 0) is 26.0 Å². The van der Waals surface area contributed by atoms with Crippen molar-refractivity contribution < 1.29 is 0 Å². The van der Waals surface area contributed by atoms with Gasteiger partial charge in [0.25, 0.3) is 0 Å². The third-order valence-corrected chi connectivity index (χ3v) is 4.31. The maximum absolute atomic E-state index is 6.27. The van der Waals surface area contributed by atoms with Gasteiger partial charge in [0, 0.05) is 5.56 Å². The van der Waals surface area contributed by atoms with Crippen molar-refractivity contribution in [2.75, 3.05) is 0 Å². The molecule has 0 saturated carbocycles. The molecule has 0 saturated heterocycles. The van der Waals surface area contributed by atoms with E-state index in [0.29, 0.717) is 10.7 Å². The Balaban J connectivity index is 2.11. The van der Waals surface area contributed by atoms with Crippen LogP contribution in [0.3, 0.4) is 0 Å². The minimum absolute atomic E-state index is 0.318. The Kier molecular flexibility index (Phi) is 3.54. The van der Waals surface area contributed by atoms with Crippen molar-refractivity contribution >= 4 is 22.5 Å². The smallest absolute Gasteiger partial charge is 0.179 e. The molecule has 2 aromatic carbocycles. The molecular formula is C19H15ClN4. The predicted molar refractivity (Wildman–Crippen MR) is 96.6 cm³/mol. The largest absolute Gasteiger partial charge is 0.232 e. The molecule has 2 heterocycles. The van der Waals surface area contributed by atoms with E-state index in [-0.39, 0.29) is 0 Å². The van der Waals surface area contributed by atoms with Gasteiger partial charge in [-0.1, -0.05) is 59.6 Å². The molecule has 0 N–H and O–H groups in total. The zero-order valence-electron chi connectivity index (χ0n) is 13.4. The fourth-order valence-corrected chi connectivity index (χ4v) is 3.03. The summed E-state index contributed by atoms with van der Waals surface area (Å²) in [7, 11) is 0. The van der Waals surface area contributed by atoms with E-state index >= 15 is 0 Å². The van der Waals surface area contributed by atoms with Gasteiger partial charge < -0.3 is 0 Å². The Hall–Kier alpha value is -2.72. The minimum Gasteiger partial charge on any atom is -0.232 e. The molecule has 118 valence electrons. The molecule has 0 aliphatic rings. The highest BCUT2D eigenvalue weighted by Gasteiger charge is 2.19. The number of halogens is 1. The third-order valence-electron chi connectivity index (χ3n) is 4.06. The highest BCUT2D eigenvalue weighted by atomic mass is 35.5. The number of aromatic nitrogens is 4. The number of hydrogen-bond donors (Lipinski definition) is 0. The molecule has 4 rings (SSSR count). The van der Waals surface area contributed by atoms with Crippen LogP contribution in [0.4, 0.5) is 0 Å². The van der Waals surface area contributed by atoms with Crippen LogP contribution in [0.5, 0.6) is 0 Å². The van der Waals surface area contributed by atoms with Crippen molar-refractivity contribution in [3.63, 3.8) is 0 Å². The van der Waals surface area contributed by atoms with Crippen LogP contribution in [0.2, 0.25) is 5.15 Å². The van der Waals surface area contributed by atoms with Crippen LogP contribution in [0, 0.1) is 13.8 Å².